The average Bonchev–Trinajstić information content (AvgIpc) is 2.45. The van der Waals surface area contributed by atoms with Crippen LogP contribution in [0.1, 0.15) is 5.56 Å². The van der Waals surface area contributed by atoms with Crippen molar-refractivity contribution in [1.82, 2.24) is 15.2 Å². The Kier molecular flexibility index (Phi) is 1.32. The zero-order valence-electron chi connectivity index (χ0n) is 5.93. The van der Waals surface area contributed by atoms with Gasteiger partial charge < -0.3 is 0 Å². The average molecular weight is 168 g/mol. The minimum Gasteiger partial charge on any atom is -0.277 e. The number of H-pyrrole nitrogens is 1. The van der Waals surface area contributed by atoms with Crippen molar-refractivity contribution < 1.29 is 0 Å². The maximum absolute atomic E-state index is 5.80. The first-order chi connectivity index (χ1) is 5.29. The zero-order valence-corrected chi connectivity index (χ0v) is 6.68. The fourth-order valence-corrected chi connectivity index (χ4v) is 1.22. The molecule has 0 atom stereocenters. The second kappa shape index (κ2) is 2.20. The predicted molar refractivity (Wildman–Crippen MR) is 43.6 cm³/mol. The number of aryl methyl sites for hydroxylation is 1. The van der Waals surface area contributed by atoms with Crippen LogP contribution in [0.15, 0.2) is 12.4 Å². The number of pyridine rings is 1. The van der Waals surface area contributed by atoms with Gasteiger partial charge in [0.25, 0.3) is 0 Å². The molecule has 0 fully saturated rings. The van der Waals surface area contributed by atoms with Crippen LogP contribution in [0.25, 0.3) is 10.9 Å². The summed E-state index contributed by atoms with van der Waals surface area (Å²) in [5.41, 5.74) is 2.02. The molecule has 0 aliphatic rings. The monoisotopic (exact) mass is 167 g/mol. The number of halogens is 1. The van der Waals surface area contributed by atoms with Gasteiger partial charge in [0.1, 0.15) is 5.15 Å². The molecule has 0 amide bonds. The lowest BCUT2D eigenvalue weighted by atomic mass is 10.2. The van der Waals surface area contributed by atoms with Crippen LogP contribution < -0.4 is 0 Å². The summed E-state index contributed by atoms with van der Waals surface area (Å²) in [6, 6.07) is 0. The van der Waals surface area contributed by atoms with E-state index in [0.29, 0.717) is 5.15 Å². The summed E-state index contributed by atoms with van der Waals surface area (Å²) in [4.78, 5) is 3.98. The third kappa shape index (κ3) is 0.886. The number of rotatable bonds is 0. The van der Waals surface area contributed by atoms with Gasteiger partial charge in [-0.2, -0.15) is 5.10 Å². The molecule has 2 aromatic heterocycles. The first kappa shape index (κ1) is 6.61. The first-order valence-electron chi connectivity index (χ1n) is 3.23. The summed E-state index contributed by atoms with van der Waals surface area (Å²) in [6.45, 7) is 1.96. The van der Waals surface area contributed by atoms with Crippen molar-refractivity contribution in [2.75, 3.05) is 0 Å². The van der Waals surface area contributed by atoms with Gasteiger partial charge in [0, 0.05) is 6.20 Å². The van der Waals surface area contributed by atoms with E-state index in [9.17, 15) is 0 Å². The Morgan fingerprint density at radius 2 is 2.27 bits per heavy atom. The fraction of sp³-hybridized carbons (Fsp3) is 0.143. The Morgan fingerprint density at radius 1 is 1.45 bits per heavy atom. The van der Waals surface area contributed by atoms with Crippen molar-refractivity contribution in [2.24, 2.45) is 0 Å². The smallest absolute Gasteiger partial charge is 0.140 e. The summed E-state index contributed by atoms with van der Waals surface area (Å²) in [5.74, 6) is 0. The maximum atomic E-state index is 5.80. The molecule has 0 bridgehead atoms. The van der Waals surface area contributed by atoms with Crippen LogP contribution in [0.5, 0.6) is 0 Å². The van der Waals surface area contributed by atoms with Gasteiger partial charge in [-0.05, 0) is 12.5 Å². The number of aromatic nitrogens is 3. The number of hydrogen-bond acceptors (Lipinski definition) is 2. The second-order valence-corrected chi connectivity index (χ2v) is 2.75. The van der Waals surface area contributed by atoms with Crippen LogP contribution in [-0.4, -0.2) is 15.2 Å². The second-order valence-electron chi connectivity index (χ2n) is 2.39. The summed E-state index contributed by atoms with van der Waals surface area (Å²) in [5, 5.41) is 8.11. The molecule has 0 radical (unpaired) electrons. The maximum Gasteiger partial charge on any atom is 0.140 e. The molecule has 2 rings (SSSR count). The molecule has 56 valence electrons. The molecule has 1 N–H and O–H groups in total. The molecule has 0 unspecified atom stereocenters. The fourth-order valence-electron chi connectivity index (χ4n) is 1.03. The highest BCUT2D eigenvalue weighted by Gasteiger charge is 2.03. The lowest BCUT2D eigenvalue weighted by Gasteiger charge is -1.94. The van der Waals surface area contributed by atoms with E-state index >= 15 is 0 Å². The molecule has 0 aromatic carbocycles. The molecule has 4 heteroatoms. The standard InChI is InChI=1S/C7H6ClN3/c1-4-2-9-7(8)5-3-10-11-6(4)5/h2-3H,1H3,(H,10,11). The molecule has 11 heavy (non-hydrogen) atoms. The van der Waals surface area contributed by atoms with Crippen molar-refractivity contribution in [3.63, 3.8) is 0 Å². The van der Waals surface area contributed by atoms with Gasteiger partial charge in [0.2, 0.25) is 0 Å². The van der Waals surface area contributed by atoms with Crippen molar-refractivity contribution >= 4 is 22.5 Å². The highest BCUT2D eigenvalue weighted by Crippen LogP contribution is 2.20. The van der Waals surface area contributed by atoms with E-state index in [0.717, 1.165) is 16.5 Å². The third-order valence-corrected chi connectivity index (χ3v) is 1.93. The van der Waals surface area contributed by atoms with Crippen molar-refractivity contribution in [1.29, 1.82) is 0 Å². The molecule has 2 aromatic rings. The Morgan fingerprint density at radius 3 is 3.00 bits per heavy atom. The Hall–Kier alpha value is -1.09. The topological polar surface area (TPSA) is 41.6 Å². The van der Waals surface area contributed by atoms with Crippen molar-refractivity contribution in [3.8, 4) is 0 Å². The Labute approximate surface area is 68.4 Å². The van der Waals surface area contributed by atoms with Crippen LogP contribution in [0, 0.1) is 6.92 Å². The number of nitrogens with one attached hydrogen (secondary N) is 1. The molecule has 0 aliphatic carbocycles. The van der Waals surface area contributed by atoms with Crippen LogP contribution in [0.3, 0.4) is 0 Å². The Bertz CT molecular complexity index is 357. The number of fused-ring (bicyclic) bond motifs is 1. The molecule has 2 heterocycles. The lowest BCUT2D eigenvalue weighted by molar-refractivity contribution is 1.11. The quantitative estimate of drug-likeness (QED) is 0.609. The highest BCUT2D eigenvalue weighted by molar-refractivity contribution is 6.34. The van der Waals surface area contributed by atoms with Gasteiger partial charge in [0.05, 0.1) is 17.1 Å². The van der Waals surface area contributed by atoms with E-state index in [4.69, 9.17) is 11.6 Å². The van der Waals surface area contributed by atoms with E-state index in [2.05, 4.69) is 15.2 Å². The summed E-state index contributed by atoms with van der Waals surface area (Å²) in [6.07, 6.45) is 3.40. The number of aromatic amines is 1. The van der Waals surface area contributed by atoms with Gasteiger partial charge in [-0.25, -0.2) is 4.98 Å². The van der Waals surface area contributed by atoms with Crippen LogP contribution in [-0.2, 0) is 0 Å². The summed E-state index contributed by atoms with van der Waals surface area (Å²) in [7, 11) is 0. The van der Waals surface area contributed by atoms with Crippen LogP contribution in [0.4, 0.5) is 0 Å². The first-order valence-corrected chi connectivity index (χ1v) is 3.61. The summed E-state index contributed by atoms with van der Waals surface area (Å²) < 4.78 is 0. The van der Waals surface area contributed by atoms with E-state index in [1.165, 1.54) is 0 Å². The van der Waals surface area contributed by atoms with Gasteiger partial charge >= 0.3 is 0 Å². The largest absolute Gasteiger partial charge is 0.277 e. The number of hydrogen-bond donors (Lipinski definition) is 1. The van der Waals surface area contributed by atoms with E-state index < -0.39 is 0 Å². The van der Waals surface area contributed by atoms with Gasteiger partial charge in [-0.1, -0.05) is 11.6 Å². The minimum atomic E-state index is 0.499. The molecule has 0 saturated heterocycles. The molecule has 0 aliphatic heterocycles. The van der Waals surface area contributed by atoms with Crippen molar-refractivity contribution in [2.45, 2.75) is 6.92 Å². The van der Waals surface area contributed by atoms with Gasteiger partial charge in [-0.15, -0.1) is 0 Å². The Balaban J connectivity index is 2.96. The van der Waals surface area contributed by atoms with E-state index in [-0.39, 0.29) is 0 Å². The van der Waals surface area contributed by atoms with Gasteiger partial charge in [-0.3, -0.25) is 5.10 Å². The van der Waals surface area contributed by atoms with Crippen LogP contribution >= 0.6 is 11.6 Å². The van der Waals surface area contributed by atoms with Crippen molar-refractivity contribution in [3.05, 3.63) is 23.1 Å². The molecule has 0 spiro atoms. The predicted octanol–water partition coefficient (Wildman–Crippen LogP) is 1.92. The zero-order chi connectivity index (χ0) is 7.84. The van der Waals surface area contributed by atoms with E-state index in [1.54, 1.807) is 12.4 Å². The summed E-state index contributed by atoms with van der Waals surface area (Å²) >= 11 is 5.80. The van der Waals surface area contributed by atoms with Crippen LogP contribution in [0.2, 0.25) is 5.15 Å². The molecule has 3 nitrogen and oxygen atoms in total. The molecular weight excluding hydrogens is 162 g/mol. The third-order valence-electron chi connectivity index (χ3n) is 1.63. The molecular formula is C7H6ClN3. The minimum absolute atomic E-state index is 0.499. The van der Waals surface area contributed by atoms with E-state index in [1.807, 2.05) is 6.92 Å². The normalized spacial score (nSPS) is 10.7. The lowest BCUT2D eigenvalue weighted by Crippen LogP contribution is -1.80. The highest BCUT2D eigenvalue weighted by atomic mass is 35.5. The SMILES string of the molecule is Cc1cnc(Cl)c2cn[nH]c12. The number of nitrogens with zero attached hydrogens (tertiary/aromatic N) is 2. The van der Waals surface area contributed by atoms with Gasteiger partial charge in [0.15, 0.2) is 0 Å². The molecule has 0 saturated carbocycles.